The molecule has 1 N–H and O–H groups in total. The van der Waals surface area contributed by atoms with Crippen molar-refractivity contribution in [2.24, 2.45) is 5.41 Å². The van der Waals surface area contributed by atoms with Crippen molar-refractivity contribution in [3.63, 3.8) is 0 Å². The second kappa shape index (κ2) is 6.31. The Hall–Kier alpha value is -2.93. The van der Waals surface area contributed by atoms with Gasteiger partial charge in [0.25, 0.3) is 0 Å². The number of aromatic carboxylic acids is 1. The average molecular weight is 378 g/mol. The second-order valence-electron chi connectivity index (χ2n) is 7.88. The van der Waals surface area contributed by atoms with Crippen LogP contribution in [-0.2, 0) is 4.74 Å². The van der Waals surface area contributed by atoms with Crippen molar-refractivity contribution in [3.05, 3.63) is 47.8 Å². The molecule has 4 heterocycles. The minimum absolute atomic E-state index is 0.0421. The Labute approximate surface area is 162 Å². The molecule has 0 radical (unpaired) electrons. The summed E-state index contributed by atoms with van der Waals surface area (Å²) in [5, 5.41) is 15.2. The number of aromatic nitrogens is 3. The number of anilines is 1. The molecule has 0 atom stereocenters. The summed E-state index contributed by atoms with van der Waals surface area (Å²) < 4.78 is 7.43. The summed E-state index contributed by atoms with van der Waals surface area (Å²) >= 11 is 0. The van der Waals surface area contributed by atoms with Crippen molar-refractivity contribution in [3.8, 4) is 5.69 Å². The van der Waals surface area contributed by atoms with Gasteiger partial charge in [-0.1, -0.05) is 18.2 Å². The van der Waals surface area contributed by atoms with Crippen LogP contribution in [-0.4, -0.2) is 52.1 Å². The first kappa shape index (κ1) is 17.2. The van der Waals surface area contributed by atoms with Gasteiger partial charge in [-0.25, -0.2) is 14.5 Å². The van der Waals surface area contributed by atoms with Gasteiger partial charge >= 0.3 is 5.97 Å². The molecule has 144 valence electrons. The lowest BCUT2D eigenvalue weighted by atomic mass is 9.75. The van der Waals surface area contributed by atoms with E-state index in [4.69, 9.17) is 4.74 Å². The van der Waals surface area contributed by atoms with E-state index in [0.29, 0.717) is 5.65 Å². The number of carbonyl (C=O) groups is 1. The topological polar surface area (TPSA) is 80.5 Å². The van der Waals surface area contributed by atoms with Crippen molar-refractivity contribution in [1.29, 1.82) is 0 Å². The van der Waals surface area contributed by atoms with E-state index in [1.807, 2.05) is 37.3 Å². The van der Waals surface area contributed by atoms with Crippen molar-refractivity contribution >= 4 is 22.7 Å². The van der Waals surface area contributed by atoms with E-state index in [9.17, 15) is 9.90 Å². The number of rotatable bonds is 3. The lowest BCUT2D eigenvalue weighted by molar-refractivity contribution is -0.0233. The molecular formula is C21H22N4O3. The van der Waals surface area contributed by atoms with Gasteiger partial charge < -0.3 is 14.7 Å². The second-order valence-corrected chi connectivity index (χ2v) is 7.88. The highest BCUT2D eigenvalue weighted by Crippen LogP contribution is 2.43. The Bertz CT molecular complexity index is 1050. The average Bonchev–Trinajstić information content (AvgIpc) is 3.03. The number of hydrogen-bond donors (Lipinski definition) is 1. The van der Waals surface area contributed by atoms with Gasteiger partial charge in [-0.05, 0) is 38.0 Å². The standard InChI is InChI=1S/C21H22N4O3/c1-14-18-17(24-11-21(12-24)8-5-9-28-13-21)10-16(20(26)27)22-19(18)25(23-14)15-6-3-2-4-7-15/h2-4,6-7,10H,5,8-9,11-13H2,1H3,(H,26,27). The number of pyridine rings is 1. The van der Waals surface area contributed by atoms with Gasteiger partial charge in [0.2, 0.25) is 0 Å². The summed E-state index contributed by atoms with van der Waals surface area (Å²) in [6.07, 6.45) is 2.25. The quantitative estimate of drug-likeness (QED) is 0.755. The van der Waals surface area contributed by atoms with Gasteiger partial charge in [0.15, 0.2) is 11.3 Å². The van der Waals surface area contributed by atoms with Crippen LogP contribution in [0.1, 0.15) is 29.0 Å². The van der Waals surface area contributed by atoms with Crippen molar-refractivity contribution < 1.29 is 14.6 Å². The molecule has 7 nitrogen and oxygen atoms in total. The predicted molar refractivity (Wildman–Crippen MR) is 105 cm³/mol. The van der Waals surface area contributed by atoms with Crippen molar-refractivity contribution in [2.45, 2.75) is 19.8 Å². The Kier molecular flexibility index (Phi) is 3.87. The molecule has 0 aliphatic carbocycles. The number of ether oxygens (including phenoxy) is 1. The largest absolute Gasteiger partial charge is 0.477 e. The Morgan fingerprint density at radius 2 is 2.04 bits per heavy atom. The van der Waals surface area contributed by atoms with E-state index >= 15 is 0 Å². The molecule has 0 bridgehead atoms. The predicted octanol–water partition coefficient (Wildman–Crippen LogP) is 3.04. The van der Waals surface area contributed by atoms with Gasteiger partial charge in [0, 0.05) is 25.1 Å². The Morgan fingerprint density at radius 3 is 2.71 bits per heavy atom. The zero-order valence-corrected chi connectivity index (χ0v) is 15.8. The van der Waals surface area contributed by atoms with E-state index < -0.39 is 5.97 Å². The third-order valence-corrected chi connectivity index (χ3v) is 5.81. The maximum Gasteiger partial charge on any atom is 0.354 e. The fraction of sp³-hybridized carbons (Fsp3) is 0.381. The highest BCUT2D eigenvalue weighted by atomic mass is 16.5. The first-order valence-corrected chi connectivity index (χ1v) is 9.58. The molecule has 5 rings (SSSR count). The van der Waals surface area contributed by atoms with Crippen LogP contribution in [0.15, 0.2) is 36.4 Å². The van der Waals surface area contributed by atoms with Gasteiger partial charge in [-0.15, -0.1) is 0 Å². The molecule has 1 spiro atoms. The number of nitrogens with zero attached hydrogens (tertiary/aromatic N) is 4. The summed E-state index contributed by atoms with van der Waals surface area (Å²) in [4.78, 5) is 18.4. The van der Waals surface area contributed by atoms with E-state index in [0.717, 1.165) is 61.6 Å². The van der Waals surface area contributed by atoms with Gasteiger partial charge in [-0.2, -0.15) is 5.10 Å². The Morgan fingerprint density at radius 1 is 1.25 bits per heavy atom. The fourth-order valence-electron chi connectivity index (χ4n) is 4.47. The zero-order chi connectivity index (χ0) is 19.3. The van der Waals surface area contributed by atoms with Crippen LogP contribution >= 0.6 is 0 Å². The number of carboxylic acids is 1. The highest BCUT2D eigenvalue weighted by molar-refractivity contribution is 5.98. The molecule has 2 aliphatic rings. The summed E-state index contributed by atoms with van der Waals surface area (Å²) in [6.45, 7) is 5.33. The Balaban J connectivity index is 1.63. The first-order valence-electron chi connectivity index (χ1n) is 9.58. The molecule has 1 aromatic carbocycles. The molecule has 3 aromatic rings. The minimum Gasteiger partial charge on any atom is -0.477 e. The van der Waals surface area contributed by atoms with Crippen LogP contribution in [0.4, 0.5) is 5.69 Å². The van der Waals surface area contributed by atoms with E-state index in [1.165, 1.54) is 0 Å². The normalized spacial score (nSPS) is 18.4. The van der Waals surface area contributed by atoms with E-state index in [-0.39, 0.29) is 11.1 Å². The molecule has 0 amide bonds. The van der Waals surface area contributed by atoms with Crippen molar-refractivity contribution in [2.75, 3.05) is 31.2 Å². The molecular weight excluding hydrogens is 356 g/mol. The SMILES string of the molecule is Cc1nn(-c2ccccc2)c2nc(C(=O)O)cc(N3CC4(CCCOC4)C3)c12. The monoisotopic (exact) mass is 378 g/mol. The highest BCUT2D eigenvalue weighted by Gasteiger charge is 2.45. The molecule has 28 heavy (non-hydrogen) atoms. The third kappa shape index (κ3) is 2.65. The van der Waals surface area contributed by atoms with E-state index in [2.05, 4.69) is 15.0 Å². The number of aryl methyl sites for hydroxylation is 1. The van der Waals surface area contributed by atoms with Crippen LogP contribution in [0.2, 0.25) is 0 Å². The lowest BCUT2D eigenvalue weighted by Crippen LogP contribution is -2.60. The maximum atomic E-state index is 11.7. The molecule has 7 heteroatoms. The first-order chi connectivity index (χ1) is 13.6. The van der Waals surface area contributed by atoms with Gasteiger partial charge in [0.1, 0.15) is 0 Å². The minimum atomic E-state index is -1.03. The van der Waals surface area contributed by atoms with Crippen LogP contribution in [0.25, 0.3) is 16.7 Å². The number of carboxylic acid groups (broad SMARTS) is 1. The zero-order valence-electron chi connectivity index (χ0n) is 15.8. The molecule has 2 aromatic heterocycles. The van der Waals surface area contributed by atoms with Crippen molar-refractivity contribution in [1.82, 2.24) is 14.8 Å². The van der Waals surface area contributed by atoms with Crippen LogP contribution < -0.4 is 4.90 Å². The van der Waals surface area contributed by atoms with Crippen LogP contribution in [0.5, 0.6) is 0 Å². The van der Waals surface area contributed by atoms with E-state index in [1.54, 1.807) is 10.7 Å². The summed E-state index contributed by atoms with van der Waals surface area (Å²) in [5.41, 5.74) is 3.43. The van der Waals surface area contributed by atoms with Gasteiger partial charge in [0.05, 0.1) is 29.1 Å². The number of hydrogen-bond acceptors (Lipinski definition) is 5. The maximum absolute atomic E-state index is 11.7. The molecule has 2 fully saturated rings. The molecule has 0 saturated carbocycles. The smallest absolute Gasteiger partial charge is 0.354 e. The van der Waals surface area contributed by atoms with Gasteiger partial charge in [-0.3, -0.25) is 0 Å². The molecule has 2 aliphatic heterocycles. The summed E-state index contributed by atoms with van der Waals surface area (Å²) in [7, 11) is 0. The van der Waals surface area contributed by atoms with Crippen LogP contribution in [0.3, 0.4) is 0 Å². The molecule has 0 unspecified atom stereocenters. The number of fused-ring (bicyclic) bond motifs is 1. The third-order valence-electron chi connectivity index (χ3n) is 5.81. The fourth-order valence-corrected chi connectivity index (χ4v) is 4.47. The summed E-state index contributed by atoms with van der Waals surface area (Å²) in [5.74, 6) is -1.03. The number of benzene rings is 1. The lowest BCUT2D eigenvalue weighted by Gasteiger charge is -2.53. The molecule has 2 saturated heterocycles. The summed E-state index contributed by atoms with van der Waals surface area (Å²) in [6, 6.07) is 11.4. The number of para-hydroxylation sites is 1. The van der Waals surface area contributed by atoms with Crippen LogP contribution in [0, 0.1) is 12.3 Å².